The molecule has 3 rings (SSSR count). The summed E-state index contributed by atoms with van der Waals surface area (Å²) in [6, 6.07) is 1.57. The summed E-state index contributed by atoms with van der Waals surface area (Å²) in [4.78, 5) is 0. The van der Waals surface area contributed by atoms with E-state index in [2.05, 4.69) is 15.2 Å². The Bertz CT molecular complexity index is 257. The molecule has 2 heterocycles. The zero-order valence-electron chi connectivity index (χ0n) is 6.93. The van der Waals surface area contributed by atoms with Crippen LogP contribution >= 0.6 is 0 Å². The molecule has 4 heteroatoms. The summed E-state index contributed by atoms with van der Waals surface area (Å²) in [5.41, 5.74) is 0. The molecule has 0 aromatic carbocycles. The maximum absolute atomic E-state index is 3.81. The van der Waals surface area contributed by atoms with Crippen molar-refractivity contribution in [3.05, 3.63) is 12.7 Å². The number of rotatable bonds is 1. The van der Waals surface area contributed by atoms with Gasteiger partial charge in [-0.25, -0.2) is 4.68 Å². The van der Waals surface area contributed by atoms with Crippen LogP contribution in [0.15, 0.2) is 12.7 Å². The molecule has 2 aliphatic rings. The summed E-state index contributed by atoms with van der Waals surface area (Å²) in [6.45, 7) is 0. The second-order valence-electron chi connectivity index (χ2n) is 3.64. The Morgan fingerprint density at radius 3 is 2.17 bits per heavy atom. The summed E-state index contributed by atoms with van der Waals surface area (Å²) < 4.78 is 2.03. The summed E-state index contributed by atoms with van der Waals surface area (Å²) in [5.74, 6) is 0. The van der Waals surface area contributed by atoms with Crippen LogP contribution in [0.3, 0.4) is 0 Å². The van der Waals surface area contributed by atoms with E-state index in [1.807, 2.05) is 4.68 Å². The molecule has 2 unspecified atom stereocenters. The van der Waals surface area contributed by atoms with Gasteiger partial charge in [-0.15, -0.1) is 10.2 Å². The van der Waals surface area contributed by atoms with Crippen LogP contribution in [0.2, 0.25) is 0 Å². The minimum atomic E-state index is 0.787. The highest BCUT2D eigenvalue weighted by atomic mass is 15.7. The molecule has 0 spiro atoms. The molecule has 64 valence electrons. The van der Waals surface area contributed by atoms with Crippen molar-refractivity contribution < 1.29 is 0 Å². The van der Waals surface area contributed by atoms with E-state index in [0.717, 1.165) is 12.1 Å². The third-order valence-electron chi connectivity index (χ3n) is 2.96. The van der Waals surface area contributed by atoms with Crippen molar-refractivity contribution >= 4 is 0 Å². The molecule has 1 aromatic heterocycles. The molecule has 1 saturated heterocycles. The van der Waals surface area contributed by atoms with Crippen molar-refractivity contribution in [1.29, 1.82) is 0 Å². The Balaban J connectivity index is 1.81. The van der Waals surface area contributed by atoms with E-state index in [9.17, 15) is 0 Å². The van der Waals surface area contributed by atoms with Gasteiger partial charge in [0, 0.05) is 0 Å². The Morgan fingerprint density at radius 1 is 1.00 bits per heavy atom. The maximum atomic E-state index is 3.81. The van der Waals surface area contributed by atoms with Gasteiger partial charge in [-0.3, -0.25) is 0 Å². The van der Waals surface area contributed by atoms with Crippen LogP contribution in [0.5, 0.6) is 0 Å². The smallest absolute Gasteiger partial charge is 0.139 e. The molecular formula is C8H12N4. The Hall–Kier alpha value is -1.06. The van der Waals surface area contributed by atoms with E-state index in [-0.39, 0.29) is 0 Å². The number of aromatic nitrogens is 3. The SMILES string of the molecule is c1nncn1N1C2CCCCC21. The molecule has 0 amide bonds. The third kappa shape index (κ3) is 0.777. The Labute approximate surface area is 71.2 Å². The van der Waals surface area contributed by atoms with Gasteiger partial charge in [0.1, 0.15) is 12.7 Å². The van der Waals surface area contributed by atoms with Crippen LogP contribution in [0.1, 0.15) is 25.7 Å². The predicted octanol–water partition coefficient (Wildman–Crippen LogP) is 0.541. The number of nitrogens with zero attached hydrogens (tertiary/aromatic N) is 4. The van der Waals surface area contributed by atoms with Gasteiger partial charge in [0.2, 0.25) is 0 Å². The highest BCUT2D eigenvalue weighted by molar-refractivity contribution is 5.23. The minimum Gasteiger partial charge on any atom is -0.300 e. The van der Waals surface area contributed by atoms with Crippen molar-refractivity contribution in [2.24, 2.45) is 0 Å². The topological polar surface area (TPSA) is 33.7 Å². The lowest BCUT2D eigenvalue weighted by Crippen LogP contribution is -2.13. The molecule has 0 bridgehead atoms. The molecule has 12 heavy (non-hydrogen) atoms. The van der Waals surface area contributed by atoms with Crippen molar-refractivity contribution in [1.82, 2.24) is 14.9 Å². The molecule has 2 fully saturated rings. The first-order chi connectivity index (χ1) is 5.97. The van der Waals surface area contributed by atoms with Gasteiger partial charge in [-0.05, 0) is 12.8 Å². The maximum Gasteiger partial charge on any atom is 0.139 e. The molecule has 1 saturated carbocycles. The number of hydrogen-bond acceptors (Lipinski definition) is 3. The molecular weight excluding hydrogens is 152 g/mol. The molecule has 4 nitrogen and oxygen atoms in total. The van der Waals surface area contributed by atoms with E-state index in [4.69, 9.17) is 0 Å². The van der Waals surface area contributed by atoms with Gasteiger partial charge in [0.25, 0.3) is 0 Å². The van der Waals surface area contributed by atoms with Crippen LogP contribution in [0.4, 0.5) is 0 Å². The van der Waals surface area contributed by atoms with E-state index in [0.29, 0.717) is 0 Å². The Morgan fingerprint density at radius 2 is 1.58 bits per heavy atom. The first kappa shape index (κ1) is 6.46. The zero-order chi connectivity index (χ0) is 7.97. The summed E-state index contributed by atoms with van der Waals surface area (Å²) in [6.07, 6.45) is 9.06. The average Bonchev–Trinajstić information content (AvgIpc) is 2.58. The number of fused-ring (bicyclic) bond motifs is 1. The quantitative estimate of drug-likeness (QED) is 0.568. The lowest BCUT2D eigenvalue weighted by Gasteiger charge is -2.02. The fourth-order valence-electron chi connectivity index (χ4n) is 2.33. The van der Waals surface area contributed by atoms with E-state index in [1.165, 1.54) is 25.7 Å². The second-order valence-corrected chi connectivity index (χ2v) is 3.64. The molecule has 0 N–H and O–H groups in total. The lowest BCUT2D eigenvalue weighted by molar-refractivity contribution is 0.571. The zero-order valence-corrected chi connectivity index (χ0v) is 6.93. The van der Waals surface area contributed by atoms with Crippen molar-refractivity contribution in [3.8, 4) is 0 Å². The summed E-state index contributed by atoms with van der Waals surface area (Å²) in [7, 11) is 0. The van der Waals surface area contributed by atoms with Gasteiger partial charge in [0.05, 0.1) is 12.1 Å². The highest BCUT2D eigenvalue weighted by Crippen LogP contribution is 2.38. The van der Waals surface area contributed by atoms with Crippen LogP contribution < -0.4 is 5.01 Å². The van der Waals surface area contributed by atoms with Gasteiger partial charge in [0.15, 0.2) is 0 Å². The molecule has 1 aliphatic heterocycles. The summed E-state index contributed by atoms with van der Waals surface area (Å²) in [5, 5.41) is 10.0. The fraction of sp³-hybridized carbons (Fsp3) is 0.750. The van der Waals surface area contributed by atoms with Crippen molar-refractivity contribution in [2.75, 3.05) is 5.01 Å². The van der Waals surface area contributed by atoms with E-state index >= 15 is 0 Å². The van der Waals surface area contributed by atoms with Crippen molar-refractivity contribution in [2.45, 2.75) is 37.8 Å². The Kier molecular flexibility index (Phi) is 1.19. The van der Waals surface area contributed by atoms with Gasteiger partial charge >= 0.3 is 0 Å². The average molecular weight is 164 g/mol. The fourth-order valence-corrected chi connectivity index (χ4v) is 2.33. The minimum absolute atomic E-state index is 0.787. The summed E-state index contributed by atoms with van der Waals surface area (Å²) >= 11 is 0. The second kappa shape index (κ2) is 2.21. The normalized spacial score (nSPS) is 33.2. The molecule has 2 atom stereocenters. The largest absolute Gasteiger partial charge is 0.300 e. The standard InChI is InChI=1S/C8H12N4/c1-2-4-8-7(3-1)12(8)11-5-9-10-6-11/h5-8H,1-4H2. The van der Waals surface area contributed by atoms with Crippen LogP contribution in [-0.4, -0.2) is 27.0 Å². The first-order valence-corrected chi connectivity index (χ1v) is 4.60. The van der Waals surface area contributed by atoms with E-state index < -0.39 is 0 Å². The van der Waals surface area contributed by atoms with Crippen LogP contribution in [0, 0.1) is 0 Å². The monoisotopic (exact) mass is 164 g/mol. The number of hydrogen-bond donors (Lipinski definition) is 0. The van der Waals surface area contributed by atoms with Gasteiger partial charge in [-0.2, -0.15) is 0 Å². The van der Waals surface area contributed by atoms with Gasteiger partial charge in [-0.1, -0.05) is 12.8 Å². The van der Waals surface area contributed by atoms with Crippen molar-refractivity contribution in [3.63, 3.8) is 0 Å². The van der Waals surface area contributed by atoms with Crippen LogP contribution in [-0.2, 0) is 0 Å². The van der Waals surface area contributed by atoms with Gasteiger partial charge < -0.3 is 5.01 Å². The third-order valence-corrected chi connectivity index (χ3v) is 2.96. The lowest BCUT2D eigenvalue weighted by atomic mass is 10.0. The van der Waals surface area contributed by atoms with Crippen LogP contribution in [0.25, 0.3) is 0 Å². The molecule has 1 aliphatic carbocycles. The molecule has 1 aromatic rings. The molecule has 0 radical (unpaired) electrons. The highest BCUT2D eigenvalue weighted by Gasteiger charge is 2.48. The predicted molar refractivity (Wildman–Crippen MR) is 44.3 cm³/mol. The first-order valence-electron chi connectivity index (χ1n) is 4.60. The van der Waals surface area contributed by atoms with E-state index in [1.54, 1.807) is 12.7 Å².